The minimum Gasteiger partial charge on any atom is -0.480 e. The molecule has 0 bridgehead atoms. The minimum atomic E-state index is -1.10. The monoisotopic (exact) mass is 298 g/mol. The highest BCUT2D eigenvalue weighted by Gasteiger charge is 2.27. The summed E-state index contributed by atoms with van der Waals surface area (Å²) >= 11 is 0. The molecule has 1 aromatic rings. The zero-order chi connectivity index (χ0) is 15.4. The molecule has 1 aliphatic rings. The number of urea groups is 1. The number of carboxylic acids is 1. The van der Waals surface area contributed by atoms with Crippen molar-refractivity contribution in [1.82, 2.24) is 10.2 Å². The van der Waals surface area contributed by atoms with Gasteiger partial charge in [0.05, 0.1) is 0 Å². The Morgan fingerprint density at radius 3 is 2.62 bits per heavy atom. The van der Waals surface area contributed by atoms with Crippen molar-refractivity contribution in [3.8, 4) is 0 Å². The molecule has 0 aromatic heterocycles. The standard InChI is InChI=1S/C14H16F2N2O3/c15-11-4-3-10(12(16)5-11)6-17-14(21)18(8-13(19)20)7-9-1-2-9/h3-5,9H,1-2,6-8H2,(H,17,21)(H,19,20). The van der Waals surface area contributed by atoms with Gasteiger partial charge in [0, 0.05) is 24.7 Å². The summed E-state index contributed by atoms with van der Waals surface area (Å²) in [4.78, 5) is 23.9. The molecule has 0 unspecified atom stereocenters. The first kappa shape index (κ1) is 15.2. The lowest BCUT2D eigenvalue weighted by atomic mass is 10.2. The summed E-state index contributed by atoms with van der Waals surface area (Å²) in [6, 6.07) is 2.52. The number of nitrogens with zero attached hydrogens (tertiary/aromatic N) is 1. The number of hydrogen-bond donors (Lipinski definition) is 2. The molecule has 0 radical (unpaired) electrons. The first-order valence-electron chi connectivity index (χ1n) is 6.64. The molecule has 1 aromatic carbocycles. The lowest BCUT2D eigenvalue weighted by Crippen LogP contribution is -2.43. The average Bonchev–Trinajstić information content (AvgIpc) is 3.20. The van der Waals surface area contributed by atoms with Crippen LogP contribution in [0.1, 0.15) is 18.4 Å². The fourth-order valence-corrected chi connectivity index (χ4v) is 1.94. The van der Waals surface area contributed by atoms with E-state index in [1.165, 1.54) is 11.0 Å². The van der Waals surface area contributed by atoms with Gasteiger partial charge in [0.2, 0.25) is 0 Å². The lowest BCUT2D eigenvalue weighted by molar-refractivity contribution is -0.137. The Balaban J connectivity index is 1.92. The van der Waals surface area contributed by atoms with E-state index in [0.717, 1.165) is 25.0 Å². The van der Waals surface area contributed by atoms with E-state index in [4.69, 9.17) is 5.11 Å². The van der Waals surface area contributed by atoms with E-state index in [1.807, 2.05) is 0 Å². The zero-order valence-electron chi connectivity index (χ0n) is 11.3. The Morgan fingerprint density at radius 1 is 1.33 bits per heavy atom. The van der Waals surface area contributed by atoms with Crippen molar-refractivity contribution in [3.05, 3.63) is 35.4 Å². The molecule has 7 heteroatoms. The molecule has 5 nitrogen and oxygen atoms in total. The number of amides is 2. The molecule has 0 atom stereocenters. The Labute approximate surface area is 120 Å². The van der Waals surface area contributed by atoms with Gasteiger partial charge < -0.3 is 15.3 Å². The molecular weight excluding hydrogens is 282 g/mol. The van der Waals surface area contributed by atoms with Crippen LogP contribution in [0.3, 0.4) is 0 Å². The maximum Gasteiger partial charge on any atom is 0.323 e. The molecule has 0 aliphatic heterocycles. The van der Waals surface area contributed by atoms with Crippen LogP contribution in [0.2, 0.25) is 0 Å². The highest BCUT2D eigenvalue weighted by Crippen LogP contribution is 2.29. The summed E-state index contributed by atoms with van der Waals surface area (Å²) in [5.74, 6) is -2.19. The van der Waals surface area contributed by atoms with Crippen molar-refractivity contribution < 1.29 is 23.5 Å². The van der Waals surface area contributed by atoms with E-state index in [-0.39, 0.29) is 12.1 Å². The third-order valence-corrected chi connectivity index (χ3v) is 3.23. The maximum atomic E-state index is 13.4. The van der Waals surface area contributed by atoms with E-state index >= 15 is 0 Å². The summed E-state index contributed by atoms with van der Waals surface area (Å²) < 4.78 is 26.2. The molecule has 2 rings (SSSR count). The molecule has 0 saturated heterocycles. The second-order valence-electron chi connectivity index (χ2n) is 5.11. The van der Waals surface area contributed by atoms with Crippen molar-refractivity contribution in [2.24, 2.45) is 5.92 Å². The highest BCUT2D eigenvalue weighted by molar-refractivity contribution is 5.80. The van der Waals surface area contributed by atoms with Crippen LogP contribution in [0.25, 0.3) is 0 Å². The first-order valence-corrected chi connectivity index (χ1v) is 6.64. The molecule has 0 heterocycles. The van der Waals surface area contributed by atoms with Crippen molar-refractivity contribution in [1.29, 1.82) is 0 Å². The van der Waals surface area contributed by atoms with E-state index < -0.39 is 30.2 Å². The summed E-state index contributed by atoms with van der Waals surface area (Å²) in [5, 5.41) is 11.3. The van der Waals surface area contributed by atoms with Crippen molar-refractivity contribution in [2.75, 3.05) is 13.1 Å². The van der Waals surface area contributed by atoms with Crippen LogP contribution < -0.4 is 5.32 Å². The number of halogens is 2. The van der Waals surface area contributed by atoms with Crippen molar-refractivity contribution in [3.63, 3.8) is 0 Å². The van der Waals surface area contributed by atoms with E-state index in [0.29, 0.717) is 12.5 Å². The number of carbonyl (C=O) groups excluding carboxylic acids is 1. The molecule has 0 spiro atoms. The number of rotatable bonds is 6. The molecule has 114 valence electrons. The highest BCUT2D eigenvalue weighted by atomic mass is 19.1. The summed E-state index contributed by atoms with van der Waals surface area (Å²) in [6.07, 6.45) is 1.96. The fourth-order valence-electron chi connectivity index (χ4n) is 1.94. The summed E-state index contributed by atoms with van der Waals surface area (Å²) in [7, 11) is 0. The Kier molecular flexibility index (Phi) is 4.72. The van der Waals surface area contributed by atoms with Gasteiger partial charge in [-0.15, -0.1) is 0 Å². The van der Waals surface area contributed by atoms with Gasteiger partial charge in [0.15, 0.2) is 0 Å². The summed E-state index contributed by atoms with van der Waals surface area (Å²) in [5.41, 5.74) is 0.145. The van der Waals surface area contributed by atoms with Gasteiger partial charge in [-0.05, 0) is 24.8 Å². The predicted molar refractivity (Wildman–Crippen MR) is 70.5 cm³/mol. The largest absolute Gasteiger partial charge is 0.480 e. The smallest absolute Gasteiger partial charge is 0.323 e. The normalized spacial score (nSPS) is 13.8. The minimum absolute atomic E-state index is 0.119. The van der Waals surface area contributed by atoms with E-state index in [2.05, 4.69) is 5.32 Å². The Bertz CT molecular complexity index is 547. The van der Waals surface area contributed by atoms with Gasteiger partial charge in [-0.3, -0.25) is 4.79 Å². The third kappa shape index (κ3) is 4.70. The van der Waals surface area contributed by atoms with E-state index in [9.17, 15) is 18.4 Å². The van der Waals surface area contributed by atoms with Crippen LogP contribution in [-0.2, 0) is 11.3 Å². The van der Waals surface area contributed by atoms with Gasteiger partial charge in [-0.2, -0.15) is 0 Å². The molecule has 21 heavy (non-hydrogen) atoms. The molecule has 2 amide bonds. The number of carboxylic acid groups (broad SMARTS) is 1. The molecule has 1 fully saturated rings. The van der Waals surface area contributed by atoms with Gasteiger partial charge in [-0.25, -0.2) is 13.6 Å². The second-order valence-corrected chi connectivity index (χ2v) is 5.11. The van der Waals surface area contributed by atoms with Gasteiger partial charge >= 0.3 is 12.0 Å². The third-order valence-electron chi connectivity index (χ3n) is 3.23. The van der Waals surface area contributed by atoms with Crippen LogP contribution in [0.15, 0.2) is 18.2 Å². The Morgan fingerprint density at radius 2 is 2.05 bits per heavy atom. The lowest BCUT2D eigenvalue weighted by Gasteiger charge is -2.21. The number of hydrogen-bond acceptors (Lipinski definition) is 2. The quantitative estimate of drug-likeness (QED) is 0.843. The topological polar surface area (TPSA) is 69.6 Å². The molecular formula is C14H16F2N2O3. The number of aliphatic carboxylic acids is 1. The number of nitrogens with one attached hydrogen (secondary N) is 1. The SMILES string of the molecule is O=C(O)CN(CC1CC1)C(=O)NCc1ccc(F)cc1F. The van der Waals surface area contributed by atoms with Crippen LogP contribution in [0.5, 0.6) is 0 Å². The molecule has 1 aliphatic carbocycles. The second kappa shape index (κ2) is 6.51. The van der Waals surface area contributed by atoms with E-state index in [1.54, 1.807) is 0 Å². The first-order chi connectivity index (χ1) is 9.95. The molecule has 1 saturated carbocycles. The fraction of sp³-hybridized carbons (Fsp3) is 0.429. The average molecular weight is 298 g/mol. The van der Waals surface area contributed by atoms with Crippen molar-refractivity contribution >= 4 is 12.0 Å². The number of carbonyl (C=O) groups is 2. The van der Waals surface area contributed by atoms with Gasteiger partial charge in [-0.1, -0.05) is 6.07 Å². The van der Waals surface area contributed by atoms with Crippen LogP contribution in [-0.4, -0.2) is 35.1 Å². The maximum absolute atomic E-state index is 13.4. The van der Waals surface area contributed by atoms with Crippen LogP contribution in [0.4, 0.5) is 13.6 Å². The predicted octanol–water partition coefficient (Wildman–Crippen LogP) is 1.97. The Hall–Kier alpha value is -2.18. The summed E-state index contributed by atoms with van der Waals surface area (Å²) in [6.45, 7) is -0.135. The zero-order valence-corrected chi connectivity index (χ0v) is 11.3. The van der Waals surface area contributed by atoms with Crippen molar-refractivity contribution in [2.45, 2.75) is 19.4 Å². The molecule has 2 N–H and O–H groups in total. The van der Waals surface area contributed by atoms with Gasteiger partial charge in [0.1, 0.15) is 18.2 Å². The number of benzene rings is 1. The van der Waals surface area contributed by atoms with Crippen LogP contribution in [0, 0.1) is 17.6 Å². The van der Waals surface area contributed by atoms with Gasteiger partial charge in [0.25, 0.3) is 0 Å². The van der Waals surface area contributed by atoms with Crippen LogP contribution >= 0.6 is 0 Å².